The summed E-state index contributed by atoms with van der Waals surface area (Å²) in [7, 11) is 0. The number of hydrogen-bond acceptors (Lipinski definition) is 4. The van der Waals surface area contributed by atoms with Crippen LogP contribution in [0.3, 0.4) is 0 Å². The van der Waals surface area contributed by atoms with Crippen molar-refractivity contribution >= 4 is 33.7 Å². The van der Waals surface area contributed by atoms with Crippen molar-refractivity contribution in [2.45, 2.75) is 32.2 Å². The lowest BCUT2D eigenvalue weighted by molar-refractivity contribution is 0.0668. The number of hydrogen-bond donors (Lipinski definition) is 0. The highest BCUT2D eigenvalue weighted by molar-refractivity contribution is 6.32. The summed E-state index contributed by atoms with van der Waals surface area (Å²) in [6, 6.07) is 19.5. The van der Waals surface area contributed by atoms with Gasteiger partial charge in [-0.25, -0.2) is 4.39 Å². The third-order valence-electron chi connectivity index (χ3n) is 8.40. The van der Waals surface area contributed by atoms with Gasteiger partial charge in [0.2, 0.25) is 0 Å². The molecule has 220 valence electrons. The smallest absolute Gasteiger partial charge is 0.124 e. The fraction of sp³-hybridized carbons (Fsp3) is 0.382. The standard InChI is InChI=1S/C34H36ClF2N3O2/c1-2-30(31-9-6-27(37)18-32(31)35)34(24-3-7-29(8-4-24)42-16-13-39-21-23(19-36)22-39)25-5-10-33-26(17-25)20-38-40(33)28-11-14-41-15-12-28/h3-10,17-18,20,23,28H,2,11-16,19,21-22H2,1H3/b34-30+. The topological polar surface area (TPSA) is 39.5 Å². The molecule has 0 N–H and O–H groups in total. The van der Waals surface area contributed by atoms with Crippen LogP contribution in [0.4, 0.5) is 8.78 Å². The Morgan fingerprint density at radius 1 is 1.02 bits per heavy atom. The molecule has 4 aromatic rings. The van der Waals surface area contributed by atoms with E-state index in [0.717, 1.165) is 90.2 Å². The fourth-order valence-corrected chi connectivity index (χ4v) is 6.43. The number of ether oxygens (including phenoxy) is 2. The first-order valence-electron chi connectivity index (χ1n) is 14.8. The molecule has 3 aromatic carbocycles. The number of alkyl halides is 1. The lowest BCUT2D eigenvalue weighted by atomic mass is 9.87. The highest BCUT2D eigenvalue weighted by Crippen LogP contribution is 2.39. The summed E-state index contributed by atoms with van der Waals surface area (Å²) in [5.74, 6) is 0.599. The van der Waals surface area contributed by atoms with Gasteiger partial charge in [-0.15, -0.1) is 0 Å². The second kappa shape index (κ2) is 12.9. The van der Waals surface area contributed by atoms with Crippen LogP contribution in [0, 0.1) is 11.7 Å². The summed E-state index contributed by atoms with van der Waals surface area (Å²) < 4.78 is 40.4. The summed E-state index contributed by atoms with van der Waals surface area (Å²) in [5, 5.41) is 6.21. The summed E-state index contributed by atoms with van der Waals surface area (Å²) in [5.41, 5.74) is 6.05. The molecule has 2 aliphatic heterocycles. The molecule has 0 saturated carbocycles. The summed E-state index contributed by atoms with van der Waals surface area (Å²) in [6.45, 7) is 6.31. The lowest BCUT2D eigenvalue weighted by Crippen LogP contribution is -2.49. The maximum atomic E-state index is 14.0. The maximum Gasteiger partial charge on any atom is 0.124 e. The average Bonchev–Trinajstić information content (AvgIpc) is 3.42. The van der Waals surface area contributed by atoms with Gasteiger partial charge in [0.25, 0.3) is 0 Å². The maximum absolute atomic E-state index is 14.0. The minimum Gasteiger partial charge on any atom is -0.492 e. The van der Waals surface area contributed by atoms with E-state index in [2.05, 4.69) is 46.8 Å². The minimum absolute atomic E-state index is 0.173. The van der Waals surface area contributed by atoms with Crippen LogP contribution < -0.4 is 4.74 Å². The fourth-order valence-electron chi connectivity index (χ4n) is 6.15. The first kappa shape index (κ1) is 28.8. The van der Waals surface area contributed by atoms with E-state index in [0.29, 0.717) is 24.1 Å². The molecular weight excluding hydrogens is 556 g/mol. The predicted molar refractivity (Wildman–Crippen MR) is 164 cm³/mol. The Bertz CT molecular complexity index is 1560. The van der Waals surface area contributed by atoms with E-state index in [-0.39, 0.29) is 18.4 Å². The Labute approximate surface area is 250 Å². The Morgan fingerprint density at radius 3 is 2.50 bits per heavy atom. The monoisotopic (exact) mass is 591 g/mol. The summed E-state index contributed by atoms with van der Waals surface area (Å²) >= 11 is 6.61. The molecule has 42 heavy (non-hydrogen) atoms. The number of fused-ring (bicyclic) bond motifs is 1. The lowest BCUT2D eigenvalue weighted by Gasteiger charge is -2.37. The second-order valence-corrected chi connectivity index (χ2v) is 11.6. The molecule has 0 radical (unpaired) electrons. The number of halogens is 3. The Morgan fingerprint density at radius 2 is 1.79 bits per heavy atom. The van der Waals surface area contributed by atoms with E-state index in [4.69, 9.17) is 26.2 Å². The van der Waals surface area contributed by atoms with Gasteiger partial charge in [0.05, 0.1) is 29.5 Å². The van der Waals surface area contributed by atoms with Crippen molar-refractivity contribution in [1.82, 2.24) is 14.7 Å². The Balaban J connectivity index is 1.33. The van der Waals surface area contributed by atoms with Gasteiger partial charge in [0.15, 0.2) is 0 Å². The van der Waals surface area contributed by atoms with Crippen molar-refractivity contribution in [3.8, 4) is 5.75 Å². The zero-order valence-electron chi connectivity index (χ0n) is 23.9. The third-order valence-corrected chi connectivity index (χ3v) is 8.72. The minimum atomic E-state index is -0.359. The molecule has 8 heteroatoms. The van der Waals surface area contributed by atoms with Gasteiger partial charge in [0, 0.05) is 44.2 Å². The van der Waals surface area contributed by atoms with Crippen LogP contribution in [0.2, 0.25) is 5.02 Å². The summed E-state index contributed by atoms with van der Waals surface area (Å²) in [6.07, 6.45) is 4.55. The molecule has 2 aliphatic rings. The van der Waals surface area contributed by atoms with Crippen LogP contribution in [0.5, 0.6) is 5.75 Å². The van der Waals surface area contributed by atoms with Crippen LogP contribution in [-0.2, 0) is 4.74 Å². The molecule has 0 bridgehead atoms. The molecule has 0 aliphatic carbocycles. The molecule has 0 atom stereocenters. The van der Waals surface area contributed by atoms with Crippen LogP contribution in [0.15, 0.2) is 66.9 Å². The van der Waals surface area contributed by atoms with Crippen molar-refractivity contribution < 1.29 is 18.3 Å². The van der Waals surface area contributed by atoms with E-state index >= 15 is 0 Å². The number of benzene rings is 3. The Hall–Kier alpha value is -3.26. The van der Waals surface area contributed by atoms with Crippen LogP contribution >= 0.6 is 11.6 Å². The molecule has 2 fully saturated rings. The van der Waals surface area contributed by atoms with Crippen molar-refractivity contribution in [3.63, 3.8) is 0 Å². The van der Waals surface area contributed by atoms with Crippen molar-refractivity contribution in [3.05, 3.63) is 94.4 Å². The molecular formula is C34H36ClF2N3O2. The van der Waals surface area contributed by atoms with E-state index < -0.39 is 0 Å². The van der Waals surface area contributed by atoms with Gasteiger partial charge in [-0.2, -0.15) is 5.10 Å². The highest BCUT2D eigenvalue weighted by atomic mass is 35.5. The molecule has 1 aromatic heterocycles. The number of aromatic nitrogens is 2. The van der Waals surface area contributed by atoms with E-state index in [1.54, 1.807) is 6.07 Å². The number of likely N-dealkylation sites (tertiary alicyclic amines) is 1. The van der Waals surface area contributed by atoms with Crippen LogP contribution in [0.25, 0.3) is 22.0 Å². The van der Waals surface area contributed by atoms with Gasteiger partial charge in [-0.3, -0.25) is 14.0 Å². The summed E-state index contributed by atoms with van der Waals surface area (Å²) in [4.78, 5) is 2.21. The van der Waals surface area contributed by atoms with Gasteiger partial charge in [-0.05, 0) is 83.5 Å². The number of allylic oxidation sites excluding steroid dienone is 1. The molecule has 2 saturated heterocycles. The van der Waals surface area contributed by atoms with Crippen LogP contribution in [0.1, 0.15) is 48.9 Å². The van der Waals surface area contributed by atoms with Gasteiger partial charge < -0.3 is 9.47 Å². The number of rotatable bonds is 10. The SMILES string of the molecule is CC/C(=C(/c1ccc(OCCN2CC(CF)C2)cc1)c1ccc2c(cnn2C2CCOCC2)c1)c1ccc(F)cc1Cl. The molecule has 6 rings (SSSR count). The average molecular weight is 592 g/mol. The van der Waals surface area contributed by atoms with Gasteiger partial charge in [0.1, 0.15) is 18.2 Å². The first-order valence-corrected chi connectivity index (χ1v) is 15.2. The molecule has 0 amide bonds. The van der Waals surface area contributed by atoms with Gasteiger partial charge >= 0.3 is 0 Å². The second-order valence-electron chi connectivity index (χ2n) is 11.2. The van der Waals surface area contributed by atoms with Crippen molar-refractivity contribution in [1.29, 1.82) is 0 Å². The quantitative estimate of drug-likeness (QED) is 0.176. The molecule has 5 nitrogen and oxygen atoms in total. The molecule has 0 unspecified atom stereocenters. The highest BCUT2D eigenvalue weighted by Gasteiger charge is 2.26. The zero-order valence-corrected chi connectivity index (χ0v) is 24.6. The Kier molecular flexibility index (Phi) is 8.89. The molecule has 3 heterocycles. The molecule has 0 spiro atoms. The predicted octanol–water partition coefficient (Wildman–Crippen LogP) is 7.83. The van der Waals surface area contributed by atoms with Crippen molar-refractivity contribution in [2.75, 3.05) is 46.1 Å². The van der Waals surface area contributed by atoms with E-state index in [1.807, 2.05) is 18.3 Å². The van der Waals surface area contributed by atoms with E-state index in [1.165, 1.54) is 12.1 Å². The number of nitrogens with zero attached hydrogens (tertiary/aromatic N) is 3. The third kappa shape index (κ3) is 6.10. The largest absolute Gasteiger partial charge is 0.492 e. The normalized spacial score (nSPS) is 17.3. The van der Waals surface area contributed by atoms with Gasteiger partial charge in [-0.1, -0.05) is 42.8 Å². The first-order chi connectivity index (χ1) is 20.5. The van der Waals surface area contributed by atoms with E-state index in [9.17, 15) is 8.78 Å². The zero-order chi connectivity index (χ0) is 29.1. The van der Waals surface area contributed by atoms with Crippen molar-refractivity contribution in [2.24, 2.45) is 5.92 Å². The van der Waals surface area contributed by atoms with Crippen LogP contribution in [-0.4, -0.2) is 60.8 Å².